The van der Waals surface area contributed by atoms with Crippen molar-refractivity contribution in [3.8, 4) is 0 Å². The van der Waals surface area contributed by atoms with E-state index < -0.39 is 17.3 Å². The molecule has 0 fully saturated rings. The summed E-state index contributed by atoms with van der Waals surface area (Å²) in [7, 11) is 1.61. The third-order valence-electron chi connectivity index (χ3n) is 3.40. The molecule has 5 heteroatoms. The zero-order chi connectivity index (χ0) is 19.3. The van der Waals surface area contributed by atoms with E-state index in [9.17, 15) is 9.90 Å². The molecule has 0 radical (unpaired) electrons. The van der Waals surface area contributed by atoms with E-state index in [0.29, 0.717) is 12.1 Å². The maximum Gasteiger partial charge on any atom is 0.407 e. The van der Waals surface area contributed by atoms with Gasteiger partial charge < -0.3 is 19.9 Å². The molecule has 0 atom stereocenters. The van der Waals surface area contributed by atoms with Gasteiger partial charge in [0.05, 0.1) is 5.60 Å². The molecule has 5 nitrogen and oxygen atoms in total. The van der Waals surface area contributed by atoms with Gasteiger partial charge in [-0.05, 0) is 57.9 Å². The molecule has 0 saturated heterocycles. The molecule has 25 heavy (non-hydrogen) atoms. The number of ether oxygens (including phenoxy) is 2. The number of hydrogen-bond acceptors (Lipinski definition) is 4. The van der Waals surface area contributed by atoms with Crippen molar-refractivity contribution in [2.75, 3.05) is 7.11 Å². The minimum Gasteiger partial charge on any atom is -0.508 e. The second-order valence-corrected chi connectivity index (χ2v) is 7.37. The summed E-state index contributed by atoms with van der Waals surface area (Å²) in [6.07, 6.45) is 1.34. The van der Waals surface area contributed by atoms with Crippen LogP contribution in [0.15, 0.2) is 42.7 Å². The van der Waals surface area contributed by atoms with E-state index in [-0.39, 0.29) is 5.76 Å². The van der Waals surface area contributed by atoms with Crippen molar-refractivity contribution in [1.29, 1.82) is 0 Å². The van der Waals surface area contributed by atoms with Crippen LogP contribution in [-0.4, -0.2) is 29.5 Å². The van der Waals surface area contributed by atoms with Gasteiger partial charge in [0.1, 0.15) is 11.4 Å². The summed E-state index contributed by atoms with van der Waals surface area (Å²) in [6.45, 7) is 13.2. The van der Waals surface area contributed by atoms with Gasteiger partial charge in [0.2, 0.25) is 0 Å². The lowest BCUT2D eigenvalue weighted by Crippen LogP contribution is -2.32. The third kappa shape index (κ3) is 7.44. The lowest BCUT2D eigenvalue weighted by molar-refractivity contribution is 0.0523. The van der Waals surface area contributed by atoms with Gasteiger partial charge in [0.15, 0.2) is 0 Å². The average Bonchev–Trinajstić information content (AvgIpc) is 2.49. The molecule has 2 N–H and O–H groups in total. The second kappa shape index (κ2) is 8.21. The van der Waals surface area contributed by atoms with Crippen molar-refractivity contribution >= 4 is 11.7 Å². The van der Waals surface area contributed by atoms with Crippen molar-refractivity contribution < 1.29 is 19.4 Å². The first kappa shape index (κ1) is 20.8. The Bertz CT molecular complexity index is 654. The fourth-order valence-corrected chi connectivity index (χ4v) is 2.08. The zero-order valence-electron chi connectivity index (χ0n) is 16.0. The molecule has 1 aromatic rings. The summed E-state index contributed by atoms with van der Waals surface area (Å²) in [6, 6.07) is 7.50. The number of carbonyl (C=O) groups excluding carboxylic acids is 1. The van der Waals surface area contributed by atoms with Crippen LogP contribution in [0.1, 0.15) is 45.7 Å². The van der Waals surface area contributed by atoms with Crippen molar-refractivity contribution in [2.24, 2.45) is 0 Å². The first-order valence-electron chi connectivity index (χ1n) is 8.16. The Hall–Kier alpha value is -2.27. The van der Waals surface area contributed by atoms with Crippen LogP contribution in [0.2, 0.25) is 0 Å². The highest BCUT2D eigenvalue weighted by Crippen LogP contribution is 2.26. The molecule has 0 aromatic heterocycles. The fraction of sp³-hybridized carbons (Fsp3) is 0.450. The van der Waals surface area contributed by atoms with E-state index in [1.807, 2.05) is 65.0 Å². The lowest BCUT2D eigenvalue weighted by Gasteiger charge is -2.21. The molecule has 0 saturated carbocycles. The number of carbonyl (C=O) groups is 1. The van der Waals surface area contributed by atoms with Gasteiger partial charge in [0.25, 0.3) is 0 Å². The summed E-state index contributed by atoms with van der Waals surface area (Å²) in [5.41, 5.74) is 1.17. The van der Waals surface area contributed by atoms with E-state index >= 15 is 0 Å². The molecule has 0 unspecified atom stereocenters. The van der Waals surface area contributed by atoms with E-state index in [0.717, 1.165) is 11.1 Å². The molecule has 0 aliphatic rings. The molecule has 0 aliphatic heterocycles. The highest BCUT2D eigenvalue weighted by molar-refractivity contribution is 5.77. The Morgan fingerprint density at radius 2 is 1.92 bits per heavy atom. The first-order valence-corrected chi connectivity index (χ1v) is 8.16. The van der Waals surface area contributed by atoms with Crippen LogP contribution in [0.3, 0.4) is 0 Å². The fourth-order valence-electron chi connectivity index (χ4n) is 2.08. The standard InChI is InChI=1S/C20H29NO4/c1-14(22)17(12-20(5,6)24-7)16-10-8-9-15(11-16)13-21-18(23)25-19(2,3)4/h8-12,22H,1,13H2,2-7H3,(H,21,23)/b17-12+. The third-order valence-corrected chi connectivity index (χ3v) is 3.40. The van der Waals surface area contributed by atoms with E-state index in [1.165, 1.54) is 0 Å². The maximum atomic E-state index is 11.8. The van der Waals surface area contributed by atoms with Crippen LogP contribution in [-0.2, 0) is 16.0 Å². The Morgan fingerprint density at radius 3 is 2.44 bits per heavy atom. The summed E-state index contributed by atoms with van der Waals surface area (Å²) in [5.74, 6) is -0.0395. The Balaban J connectivity index is 2.96. The van der Waals surface area contributed by atoms with Crippen molar-refractivity contribution in [2.45, 2.75) is 52.4 Å². The largest absolute Gasteiger partial charge is 0.508 e. The number of aliphatic hydroxyl groups excluding tert-OH is 1. The predicted molar refractivity (Wildman–Crippen MR) is 100 cm³/mol. The number of nitrogens with one attached hydrogen (secondary N) is 1. The summed E-state index contributed by atoms with van der Waals surface area (Å²) >= 11 is 0. The number of benzene rings is 1. The van der Waals surface area contributed by atoms with Gasteiger partial charge in [-0.2, -0.15) is 0 Å². The normalized spacial score (nSPS) is 12.6. The van der Waals surface area contributed by atoms with Gasteiger partial charge in [-0.3, -0.25) is 0 Å². The van der Waals surface area contributed by atoms with Gasteiger partial charge in [-0.15, -0.1) is 0 Å². The number of allylic oxidation sites excluding steroid dienone is 1. The highest BCUT2D eigenvalue weighted by atomic mass is 16.6. The summed E-state index contributed by atoms with van der Waals surface area (Å²) in [5, 5.41) is 12.7. The van der Waals surface area contributed by atoms with E-state index in [1.54, 1.807) is 7.11 Å². The van der Waals surface area contributed by atoms with E-state index in [4.69, 9.17) is 9.47 Å². The maximum absolute atomic E-state index is 11.8. The Kier molecular flexibility index (Phi) is 6.82. The van der Waals surface area contributed by atoms with Gasteiger partial charge in [-0.1, -0.05) is 24.8 Å². The van der Waals surface area contributed by atoms with Crippen LogP contribution >= 0.6 is 0 Å². The van der Waals surface area contributed by atoms with Crippen LogP contribution < -0.4 is 5.32 Å². The molecular weight excluding hydrogens is 318 g/mol. The van der Waals surface area contributed by atoms with Gasteiger partial charge in [-0.25, -0.2) is 4.79 Å². The molecule has 0 aliphatic carbocycles. The molecule has 1 rings (SSSR count). The number of alkyl carbamates (subject to hydrolysis) is 1. The van der Waals surface area contributed by atoms with Crippen molar-refractivity contribution in [1.82, 2.24) is 5.32 Å². The quantitative estimate of drug-likeness (QED) is 0.583. The van der Waals surface area contributed by atoms with Gasteiger partial charge in [0, 0.05) is 19.2 Å². The number of methoxy groups -OCH3 is 1. The smallest absolute Gasteiger partial charge is 0.407 e. The first-order chi connectivity index (χ1) is 11.4. The molecule has 138 valence electrons. The second-order valence-electron chi connectivity index (χ2n) is 7.37. The minimum atomic E-state index is -0.550. The SMILES string of the molecule is C=C(O)/C(=C\C(C)(C)OC)c1cccc(CNC(=O)OC(C)(C)C)c1. The number of amides is 1. The minimum absolute atomic E-state index is 0.0395. The highest BCUT2D eigenvalue weighted by Gasteiger charge is 2.18. The van der Waals surface area contributed by atoms with Crippen LogP contribution in [0.4, 0.5) is 4.79 Å². The lowest BCUT2D eigenvalue weighted by atomic mass is 9.96. The van der Waals surface area contributed by atoms with Crippen molar-refractivity contribution in [3.05, 3.63) is 53.8 Å². The topological polar surface area (TPSA) is 67.8 Å². The predicted octanol–water partition coefficient (Wildman–Crippen LogP) is 4.59. The van der Waals surface area contributed by atoms with Crippen LogP contribution in [0.5, 0.6) is 0 Å². The molecule has 0 bridgehead atoms. The Morgan fingerprint density at radius 1 is 1.28 bits per heavy atom. The monoisotopic (exact) mass is 347 g/mol. The summed E-state index contributed by atoms with van der Waals surface area (Å²) < 4.78 is 10.6. The molecule has 0 heterocycles. The molecule has 0 spiro atoms. The number of rotatable bonds is 6. The molecular formula is C20H29NO4. The van der Waals surface area contributed by atoms with Crippen LogP contribution in [0.25, 0.3) is 5.57 Å². The number of aliphatic hydroxyl groups is 1. The van der Waals surface area contributed by atoms with Crippen molar-refractivity contribution in [3.63, 3.8) is 0 Å². The zero-order valence-corrected chi connectivity index (χ0v) is 16.0. The molecule has 1 aromatic carbocycles. The Labute approximate surface area is 150 Å². The summed E-state index contributed by atoms with van der Waals surface area (Å²) in [4.78, 5) is 11.8. The van der Waals surface area contributed by atoms with Crippen LogP contribution in [0, 0.1) is 0 Å². The van der Waals surface area contributed by atoms with E-state index in [2.05, 4.69) is 11.9 Å². The number of hydrogen-bond donors (Lipinski definition) is 2. The average molecular weight is 347 g/mol. The van der Waals surface area contributed by atoms with Gasteiger partial charge >= 0.3 is 6.09 Å². The molecule has 1 amide bonds.